The summed E-state index contributed by atoms with van der Waals surface area (Å²) < 4.78 is 0. The molecule has 4 heteroatoms. The molecule has 0 unspecified atom stereocenters. The molecule has 3 aromatic carbocycles. The van der Waals surface area contributed by atoms with E-state index in [2.05, 4.69) is 10.6 Å². The molecular weight excluding hydrogens is 360 g/mol. The molecule has 0 aliphatic rings. The quantitative estimate of drug-likeness (QED) is 0.641. The molecule has 0 spiro atoms. The van der Waals surface area contributed by atoms with E-state index in [9.17, 15) is 9.59 Å². The largest absolute Gasteiger partial charge is 0.348 e. The maximum absolute atomic E-state index is 12.6. The molecule has 0 fully saturated rings. The first-order valence-corrected chi connectivity index (χ1v) is 9.66. The lowest BCUT2D eigenvalue weighted by atomic mass is 10.0. The fourth-order valence-corrected chi connectivity index (χ4v) is 3.37. The Bertz CT molecular complexity index is 1070. The highest BCUT2D eigenvalue weighted by Crippen LogP contribution is 2.16. The second kappa shape index (κ2) is 8.74. The van der Waals surface area contributed by atoms with Crippen molar-refractivity contribution >= 4 is 17.5 Å². The smallest absolute Gasteiger partial charge is 0.255 e. The topological polar surface area (TPSA) is 58.2 Å². The first-order valence-electron chi connectivity index (χ1n) is 9.66. The summed E-state index contributed by atoms with van der Waals surface area (Å²) in [4.78, 5) is 25.1. The molecule has 2 amide bonds. The van der Waals surface area contributed by atoms with Crippen LogP contribution in [-0.2, 0) is 6.54 Å². The highest BCUT2D eigenvalue weighted by molar-refractivity contribution is 6.05. The van der Waals surface area contributed by atoms with Crippen LogP contribution >= 0.6 is 0 Å². The minimum Gasteiger partial charge on any atom is -0.348 e. The van der Waals surface area contributed by atoms with Crippen LogP contribution in [0.3, 0.4) is 0 Å². The Morgan fingerprint density at radius 2 is 1.31 bits per heavy atom. The number of amides is 2. The van der Waals surface area contributed by atoms with E-state index in [4.69, 9.17) is 0 Å². The second-order valence-electron chi connectivity index (χ2n) is 7.47. The maximum atomic E-state index is 12.6. The highest BCUT2D eigenvalue weighted by atomic mass is 16.2. The maximum Gasteiger partial charge on any atom is 0.255 e. The molecule has 0 bridgehead atoms. The molecule has 0 aliphatic carbocycles. The zero-order chi connectivity index (χ0) is 21.0. The van der Waals surface area contributed by atoms with Crippen molar-refractivity contribution in [3.63, 3.8) is 0 Å². The average molecular weight is 386 g/mol. The Morgan fingerprint density at radius 1 is 0.724 bits per heavy atom. The highest BCUT2D eigenvalue weighted by Gasteiger charge is 2.11. The van der Waals surface area contributed by atoms with Gasteiger partial charge in [0.05, 0.1) is 0 Å². The lowest BCUT2D eigenvalue weighted by molar-refractivity contribution is 0.0949. The van der Waals surface area contributed by atoms with Crippen LogP contribution in [0.2, 0.25) is 0 Å². The molecule has 29 heavy (non-hydrogen) atoms. The Kier molecular flexibility index (Phi) is 6.13. The van der Waals surface area contributed by atoms with Crippen LogP contribution in [-0.4, -0.2) is 11.8 Å². The predicted molar refractivity (Wildman–Crippen MR) is 117 cm³/mol. The zero-order valence-corrected chi connectivity index (χ0v) is 17.3. The molecule has 0 radical (unpaired) electrons. The van der Waals surface area contributed by atoms with Crippen molar-refractivity contribution in [2.75, 3.05) is 5.32 Å². The van der Waals surface area contributed by atoms with Crippen LogP contribution in [0.5, 0.6) is 0 Å². The number of nitrogens with one attached hydrogen (secondary N) is 2. The number of carbonyl (C=O) groups excluding carboxylic acids is 2. The number of rotatable bonds is 5. The van der Waals surface area contributed by atoms with Gasteiger partial charge in [0, 0.05) is 23.4 Å². The standard InChI is InChI=1S/C25H26N2O2/c1-16-8-10-22(18(3)12-16)24(28)26-15-20-6-5-7-21(14-20)27-25(29)23-11-9-17(2)13-19(23)4/h5-14H,15H2,1-4H3,(H,26,28)(H,27,29). The van der Waals surface area contributed by atoms with Gasteiger partial charge in [-0.15, -0.1) is 0 Å². The second-order valence-corrected chi connectivity index (χ2v) is 7.47. The molecular formula is C25H26N2O2. The van der Waals surface area contributed by atoms with Crippen LogP contribution < -0.4 is 10.6 Å². The Hall–Kier alpha value is -3.40. The number of carbonyl (C=O) groups is 2. The fourth-order valence-electron chi connectivity index (χ4n) is 3.37. The van der Waals surface area contributed by atoms with E-state index in [0.717, 1.165) is 27.8 Å². The van der Waals surface area contributed by atoms with E-state index >= 15 is 0 Å². The van der Waals surface area contributed by atoms with Crippen LogP contribution in [0.15, 0.2) is 60.7 Å². The molecule has 0 heterocycles. The van der Waals surface area contributed by atoms with E-state index in [0.29, 0.717) is 23.4 Å². The molecule has 148 valence electrons. The number of anilines is 1. The fraction of sp³-hybridized carbons (Fsp3) is 0.200. The number of hydrogen-bond donors (Lipinski definition) is 2. The Balaban J connectivity index is 1.66. The summed E-state index contributed by atoms with van der Waals surface area (Å²) >= 11 is 0. The summed E-state index contributed by atoms with van der Waals surface area (Å²) in [7, 11) is 0. The molecule has 0 aliphatic heterocycles. The van der Waals surface area contributed by atoms with Crippen LogP contribution in [0.25, 0.3) is 0 Å². The summed E-state index contributed by atoms with van der Waals surface area (Å²) in [6.07, 6.45) is 0. The lowest BCUT2D eigenvalue weighted by Gasteiger charge is -2.11. The van der Waals surface area contributed by atoms with Gasteiger partial charge in [-0.05, 0) is 68.7 Å². The van der Waals surface area contributed by atoms with Gasteiger partial charge < -0.3 is 10.6 Å². The molecule has 0 saturated carbocycles. The van der Waals surface area contributed by atoms with E-state index in [1.807, 2.05) is 88.4 Å². The predicted octanol–water partition coefficient (Wildman–Crippen LogP) is 5.10. The molecule has 0 saturated heterocycles. The van der Waals surface area contributed by atoms with Crippen molar-refractivity contribution in [2.24, 2.45) is 0 Å². The van der Waals surface area contributed by atoms with Crippen molar-refractivity contribution in [3.8, 4) is 0 Å². The van der Waals surface area contributed by atoms with Gasteiger partial charge in [0.1, 0.15) is 0 Å². The number of benzene rings is 3. The van der Waals surface area contributed by atoms with E-state index in [1.165, 1.54) is 0 Å². The van der Waals surface area contributed by atoms with Gasteiger partial charge in [-0.25, -0.2) is 0 Å². The van der Waals surface area contributed by atoms with Gasteiger partial charge in [0.25, 0.3) is 11.8 Å². The van der Waals surface area contributed by atoms with Crippen LogP contribution in [0.1, 0.15) is 48.5 Å². The van der Waals surface area contributed by atoms with Gasteiger partial charge in [-0.1, -0.05) is 47.5 Å². The van der Waals surface area contributed by atoms with Crippen LogP contribution in [0, 0.1) is 27.7 Å². The minimum absolute atomic E-state index is 0.104. The van der Waals surface area contributed by atoms with Crippen molar-refractivity contribution in [2.45, 2.75) is 34.2 Å². The average Bonchev–Trinajstić information content (AvgIpc) is 2.66. The van der Waals surface area contributed by atoms with Crippen molar-refractivity contribution in [3.05, 3.63) is 99.6 Å². The Morgan fingerprint density at radius 3 is 1.90 bits per heavy atom. The SMILES string of the molecule is Cc1ccc(C(=O)NCc2cccc(NC(=O)c3ccc(C)cc3C)c2)c(C)c1. The van der Waals surface area contributed by atoms with E-state index in [-0.39, 0.29) is 11.8 Å². The van der Waals surface area contributed by atoms with Gasteiger partial charge in [0.2, 0.25) is 0 Å². The van der Waals surface area contributed by atoms with Gasteiger partial charge >= 0.3 is 0 Å². The van der Waals surface area contributed by atoms with Crippen molar-refractivity contribution < 1.29 is 9.59 Å². The monoisotopic (exact) mass is 386 g/mol. The third-order valence-electron chi connectivity index (χ3n) is 4.89. The van der Waals surface area contributed by atoms with Crippen molar-refractivity contribution in [1.82, 2.24) is 5.32 Å². The molecule has 3 rings (SSSR count). The zero-order valence-electron chi connectivity index (χ0n) is 17.3. The molecule has 2 N–H and O–H groups in total. The first-order chi connectivity index (χ1) is 13.8. The van der Waals surface area contributed by atoms with E-state index in [1.54, 1.807) is 0 Å². The molecule has 4 nitrogen and oxygen atoms in total. The third kappa shape index (κ3) is 5.11. The number of aryl methyl sites for hydroxylation is 4. The molecule has 3 aromatic rings. The lowest BCUT2D eigenvalue weighted by Crippen LogP contribution is -2.23. The van der Waals surface area contributed by atoms with E-state index < -0.39 is 0 Å². The third-order valence-corrected chi connectivity index (χ3v) is 4.89. The number of hydrogen-bond acceptors (Lipinski definition) is 2. The molecule has 0 aromatic heterocycles. The molecule has 0 atom stereocenters. The summed E-state index contributed by atoms with van der Waals surface area (Å²) in [5, 5.41) is 5.89. The summed E-state index contributed by atoms with van der Waals surface area (Å²) in [6.45, 7) is 8.27. The Labute approximate surface area is 172 Å². The van der Waals surface area contributed by atoms with Crippen LogP contribution in [0.4, 0.5) is 5.69 Å². The summed E-state index contributed by atoms with van der Waals surface area (Å²) in [5.74, 6) is -0.244. The van der Waals surface area contributed by atoms with Crippen molar-refractivity contribution in [1.29, 1.82) is 0 Å². The summed E-state index contributed by atoms with van der Waals surface area (Å²) in [6, 6.07) is 19.1. The summed E-state index contributed by atoms with van der Waals surface area (Å²) in [5.41, 5.74) is 7.11. The van der Waals surface area contributed by atoms with Gasteiger partial charge in [0.15, 0.2) is 0 Å². The minimum atomic E-state index is -0.140. The van der Waals surface area contributed by atoms with Gasteiger partial charge in [-0.2, -0.15) is 0 Å². The van der Waals surface area contributed by atoms with Gasteiger partial charge in [-0.3, -0.25) is 9.59 Å². The first kappa shape index (κ1) is 20.3. The normalized spacial score (nSPS) is 10.5.